The zero-order valence-corrected chi connectivity index (χ0v) is 19.3. The summed E-state index contributed by atoms with van der Waals surface area (Å²) in [6.45, 7) is -0.0649. The van der Waals surface area contributed by atoms with Crippen molar-refractivity contribution in [2.45, 2.75) is 30.9 Å². The van der Waals surface area contributed by atoms with Crippen molar-refractivity contribution in [3.63, 3.8) is 0 Å². The van der Waals surface area contributed by atoms with E-state index in [9.17, 15) is 31.6 Å². The first-order valence-corrected chi connectivity index (χ1v) is 10.9. The maximum absolute atomic E-state index is 15.7. The summed E-state index contributed by atoms with van der Waals surface area (Å²) in [5.41, 5.74) is -4.24. The standard InChI is InChI=1S/C21H15F7N10/c1-36-10-31-34-17(36)19(22)2-4-37(5-3-19)15-11(7-29)6-13(20(23,24)25)32-14(15)12-8-30-18-33-16(21(26,27)28)35-38(18)9-12/h6,8-10H,2-5H2,1H3. The van der Waals surface area contributed by atoms with Crippen LogP contribution in [0.5, 0.6) is 0 Å². The molecule has 0 atom stereocenters. The molecule has 0 amide bonds. The molecule has 0 saturated carbocycles. The third kappa shape index (κ3) is 4.35. The average molecular weight is 540 g/mol. The Labute approximate surface area is 208 Å². The molecule has 17 heteroatoms. The summed E-state index contributed by atoms with van der Waals surface area (Å²) in [6, 6.07) is 2.30. The van der Waals surface area contributed by atoms with E-state index in [-0.39, 0.29) is 48.7 Å². The quantitative estimate of drug-likeness (QED) is 0.362. The van der Waals surface area contributed by atoms with E-state index in [4.69, 9.17) is 0 Å². The van der Waals surface area contributed by atoms with Crippen LogP contribution in [-0.2, 0) is 25.1 Å². The van der Waals surface area contributed by atoms with Crippen molar-refractivity contribution in [2.24, 2.45) is 7.05 Å². The van der Waals surface area contributed by atoms with Gasteiger partial charge in [0.2, 0.25) is 0 Å². The van der Waals surface area contributed by atoms with Crippen LogP contribution in [0.25, 0.3) is 17.0 Å². The minimum Gasteiger partial charge on any atom is -0.368 e. The number of rotatable bonds is 3. The molecule has 1 saturated heterocycles. The highest BCUT2D eigenvalue weighted by atomic mass is 19.4. The van der Waals surface area contributed by atoms with Crippen molar-refractivity contribution in [1.82, 2.24) is 39.3 Å². The van der Waals surface area contributed by atoms with Crippen LogP contribution >= 0.6 is 0 Å². The molecular formula is C21H15F7N10. The maximum Gasteiger partial charge on any atom is 0.453 e. The number of anilines is 1. The second-order valence-corrected chi connectivity index (χ2v) is 8.60. The fourth-order valence-corrected chi connectivity index (χ4v) is 4.31. The van der Waals surface area contributed by atoms with Crippen LogP contribution in [0.2, 0.25) is 0 Å². The van der Waals surface area contributed by atoms with Gasteiger partial charge in [-0.25, -0.2) is 18.9 Å². The number of pyridine rings is 1. The average Bonchev–Trinajstić information content (AvgIpc) is 3.49. The van der Waals surface area contributed by atoms with Crippen molar-refractivity contribution >= 4 is 11.5 Å². The number of hydrogen-bond acceptors (Lipinski definition) is 8. The second kappa shape index (κ2) is 8.60. The number of halogens is 7. The van der Waals surface area contributed by atoms with Crippen LogP contribution in [0.3, 0.4) is 0 Å². The molecule has 0 aromatic carbocycles. The van der Waals surface area contributed by atoms with Gasteiger partial charge in [0.1, 0.15) is 18.1 Å². The van der Waals surface area contributed by atoms with Gasteiger partial charge in [0.05, 0.1) is 16.9 Å². The molecule has 38 heavy (non-hydrogen) atoms. The monoisotopic (exact) mass is 540 g/mol. The molecule has 4 aromatic heterocycles. The third-order valence-electron chi connectivity index (χ3n) is 6.11. The maximum atomic E-state index is 15.7. The van der Waals surface area contributed by atoms with Crippen LogP contribution in [0.1, 0.15) is 35.7 Å². The van der Waals surface area contributed by atoms with E-state index in [0.29, 0.717) is 10.6 Å². The molecule has 10 nitrogen and oxygen atoms in total. The molecule has 5 rings (SSSR count). The van der Waals surface area contributed by atoms with Gasteiger partial charge in [0.15, 0.2) is 11.5 Å². The predicted molar refractivity (Wildman–Crippen MR) is 114 cm³/mol. The lowest BCUT2D eigenvalue weighted by Crippen LogP contribution is -2.42. The van der Waals surface area contributed by atoms with Gasteiger partial charge in [-0.05, 0) is 6.07 Å². The van der Waals surface area contributed by atoms with Crippen molar-refractivity contribution < 1.29 is 30.7 Å². The lowest BCUT2D eigenvalue weighted by atomic mass is 9.91. The first-order chi connectivity index (χ1) is 17.8. The molecule has 0 bridgehead atoms. The Morgan fingerprint density at radius 3 is 2.34 bits per heavy atom. The van der Waals surface area contributed by atoms with Crippen molar-refractivity contribution in [3.8, 4) is 17.3 Å². The smallest absolute Gasteiger partial charge is 0.368 e. The molecule has 1 aliphatic rings. The van der Waals surface area contributed by atoms with E-state index in [0.717, 1.165) is 12.4 Å². The molecule has 0 radical (unpaired) electrons. The number of fused-ring (bicyclic) bond motifs is 1. The molecular weight excluding hydrogens is 525 g/mol. The predicted octanol–water partition coefficient (Wildman–Crippen LogP) is 3.69. The van der Waals surface area contributed by atoms with E-state index in [1.165, 1.54) is 15.8 Å². The lowest BCUT2D eigenvalue weighted by molar-refractivity contribution is -0.144. The minimum atomic E-state index is -4.94. The summed E-state index contributed by atoms with van der Waals surface area (Å²) >= 11 is 0. The van der Waals surface area contributed by atoms with Gasteiger partial charge in [0.25, 0.3) is 11.6 Å². The van der Waals surface area contributed by atoms with Crippen molar-refractivity contribution in [3.05, 3.63) is 47.7 Å². The number of nitriles is 1. The molecule has 1 fully saturated rings. The molecule has 5 heterocycles. The van der Waals surface area contributed by atoms with E-state index in [1.54, 1.807) is 13.1 Å². The highest BCUT2D eigenvalue weighted by Gasteiger charge is 2.42. The van der Waals surface area contributed by atoms with Crippen LogP contribution in [0.4, 0.5) is 36.4 Å². The Hall–Kier alpha value is -4.36. The number of hydrogen-bond donors (Lipinski definition) is 0. The Balaban J connectivity index is 1.61. The lowest BCUT2D eigenvalue weighted by Gasteiger charge is -2.38. The fraction of sp³-hybridized carbons (Fsp3) is 0.381. The van der Waals surface area contributed by atoms with Crippen LogP contribution in [0.15, 0.2) is 24.8 Å². The van der Waals surface area contributed by atoms with Gasteiger partial charge in [-0.1, -0.05) is 0 Å². The van der Waals surface area contributed by atoms with Gasteiger partial charge >= 0.3 is 12.4 Å². The van der Waals surface area contributed by atoms with Crippen molar-refractivity contribution in [2.75, 3.05) is 18.0 Å². The first-order valence-electron chi connectivity index (χ1n) is 10.9. The molecule has 1 aliphatic heterocycles. The van der Waals surface area contributed by atoms with E-state index < -0.39 is 40.9 Å². The van der Waals surface area contributed by atoms with Gasteiger partial charge in [-0.15, -0.1) is 15.3 Å². The zero-order chi connectivity index (χ0) is 27.5. The number of aromatic nitrogens is 8. The summed E-state index contributed by atoms with van der Waals surface area (Å²) in [4.78, 5) is 12.2. The summed E-state index contributed by atoms with van der Waals surface area (Å²) in [5.74, 6) is -1.85. The van der Waals surface area contributed by atoms with Crippen molar-refractivity contribution in [1.29, 1.82) is 5.26 Å². The highest BCUT2D eigenvalue weighted by molar-refractivity contribution is 5.80. The molecule has 0 unspecified atom stereocenters. The number of alkyl halides is 7. The molecule has 0 spiro atoms. The van der Waals surface area contributed by atoms with E-state index >= 15 is 4.39 Å². The van der Waals surface area contributed by atoms with Crippen LogP contribution in [0, 0.1) is 11.3 Å². The third-order valence-corrected chi connectivity index (χ3v) is 6.11. The Kier molecular flexibility index (Phi) is 5.72. The largest absolute Gasteiger partial charge is 0.453 e. The summed E-state index contributed by atoms with van der Waals surface area (Å²) in [5, 5.41) is 20.5. The normalized spacial score (nSPS) is 16.1. The highest BCUT2D eigenvalue weighted by Crippen LogP contribution is 2.42. The molecule has 198 valence electrons. The van der Waals surface area contributed by atoms with Crippen LogP contribution < -0.4 is 4.90 Å². The molecule has 0 aliphatic carbocycles. The summed E-state index contributed by atoms with van der Waals surface area (Å²) in [6.07, 6.45) is -6.75. The number of aryl methyl sites for hydroxylation is 1. The Bertz CT molecular complexity index is 1560. The Morgan fingerprint density at radius 2 is 1.76 bits per heavy atom. The fourth-order valence-electron chi connectivity index (χ4n) is 4.31. The van der Waals surface area contributed by atoms with E-state index in [2.05, 4.69) is 30.2 Å². The van der Waals surface area contributed by atoms with Gasteiger partial charge in [-0.3, -0.25) is 0 Å². The van der Waals surface area contributed by atoms with E-state index in [1.807, 2.05) is 0 Å². The van der Waals surface area contributed by atoms with Gasteiger partial charge in [0, 0.05) is 50.9 Å². The minimum absolute atomic E-state index is 0.0324. The number of piperidine rings is 1. The molecule has 4 aromatic rings. The second-order valence-electron chi connectivity index (χ2n) is 8.60. The molecule has 0 N–H and O–H groups in total. The van der Waals surface area contributed by atoms with Gasteiger partial charge < -0.3 is 9.47 Å². The number of nitrogens with zero attached hydrogens (tertiary/aromatic N) is 10. The Morgan fingerprint density at radius 1 is 1.05 bits per heavy atom. The van der Waals surface area contributed by atoms with Crippen LogP contribution in [-0.4, -0.2) is 52.4 Å². The SMILES string of the molecule is Cn1cnnc1C1(F)CCN(c2c(C#N)cc(C(F)(F)F)nc2-c2cnc3nc(C(F)(F)F)nn3c2)CC1. The van der Waals surface area contributed by atoms with Gasteiger partial charge in [-0.2, -0.15) is 36.6 Å². The topological polar surface area (TPSA) is 114 Å². The summed E-state index contributed by atoms with van der Waals surface area (Å²) in [7, 11) is 1.58. The summed E-state index contributed by atoms with van der Waals surface area (Å²) < 4.78 is 97.8. The zero-order valence-electron chi connectivity index (χ0n) is 19.3. The first kappa shape index (κ1) is 25.3.